The van der Waals surface area contributed by atoms with Gasteiger partial charge in [-0.3, -0.25) is 0 Å². The van der Waals surface area contributed by atoms with Gasteiger partial charge in [0.25, 0.3) is 0 Å². The first-order valence-electron chi connectivity index (χ1n) is 2.52. The molecular weight excluding hydrogens is 90.1 g/mol. The van der Waals surface area contributed by atoms with Gasteiger partial charge in [0.15, 0.2) is 0 Å². The van der Waals surface area contributed by atoms with Gasteiger partial charge in [0.1, 0.15) is 0 Å². The normalized spacial score (nSPS) is 14.1. The number of hydrogen-bond acceptors (Lipinski definition) is 2. The molecule has 7 heavy (non-hydrogen) atoms. The molecule has 0 saturated carbocycles. The highest BCUT2D eigenvalue weighted by molar-refractivity contribution is 4.49. The van der Waals surface area contributed by atoms with Crippen LogP contribution in [0.15, 0.2) is 0 Å². The van der Waals surface area contributed by atoms with Gasteiger partial charge < -0.3 is 10.5 Å². The standard InChI is InChI=1S/C5H13NO/c1-5(6)3-4-7-2/h5H,3-4,6H2,1-2H3. The Kier molecular flexibility index (Phi) is 4.04. The van der Waals surface area contributed by atoms with E-state index in [1.165, 1.54) is 0 Å². The maximum Gasteiger partial charge on any atom is 0.0476 e. The predicted molar refractivity (Wildman–Crippen MR) is 30.1 cm³/mol. The smallest absolute Gasteiger partial charge is 0.0476 e. The fourth-order valence-electron chi connectivity index (χ4n) is 0.304. The molecule has 0 aromatic heterocycles. The van der Waals surface area contributed by atoms with E-state index in [1.807, 2.05) is 6.92 Å². The second-order valence-corrected chi connectivity index (χ2v) is 1.76. The second kappa shape index (κ2) is 4.09. The van der Waals surface area contributed by atoms with E-state index >= 15 is 0 Å². The molecule has 2 N–H and O–H groups in total. The monoisotopic (exact) mass is 103 g/mol. The zero-order valence-electron chi connectivity index (χ0n) is 4.98. The molecule has 0 radical (unpaired) electrons. The largest absolute Gasteiger partial charge is 0.385 e. The van der Waals surface area contributed by atoms with Crippen LogP contribution in [0.25, 0.3) is 0 Å². The summed E-state index contributed by atoms with van der Waals surface area (Å²) in [4.78, 5) is 0. The lowest BCUT2D eigenvalue weighted by molar-refractivity contribution is 0.189. The molecule has 2 nitrogen and oxygen atoms in total. The van der Waals surface area contributed by atoms with Crippen LogP contribution in [-0.4, -0.2) is 19.8 Å². The molecule has 2 heteroatoms. The SMILES string of the molecule is COCCC(C)N. The first-order valence-corrected chi connectivity index (χ1v) is 2.52. The van der Waals surface area contributed by atoms with Gasteiger partial charge in [-0.05, 0) is 13.3 Å². The molecule has 0 rings (SSSR count). The molecule has 0 aromatic rings. The number of methoxy groups -OCH3 is 1. The summed E-state index contributed by atoms with van der Waals surface area (Å²) in [5.74, 6) is 0. The number of hydrogen-bond donors (Lipinski definition) is 1. The minimum absolute atomic E-state index is 0.278. The molecule has 0 amide bonds. The number of nitrogens with two attached hydrogens (primary N) is 1. The quantitative estimate of drug-likeness (QED) is 0.560. The van der Waals surface area contributed by atoms with E-state index < -0.39 is 0 Å². The Hall–Kier alpha value is -0.0800. The minimum atomic E-state index is 0.278. The van der Waals surface area contributed by atoms with Crippen molar-refractivity contribution in [2.75, 3.05) is 13.7 Å². The molecule has 0 heterocycles. The third-order valence-electron chi connectivity index (χ3n) is 0.777. The molecule has 0 bridgehead atoms. The fraction of sp³-hybridized carbons (Fsp3) is 1.00. The molecule has 0 fully saturated rings. The van der Waals surface area contributed by atoms with Crippen LogP contribution in [0.5, 0.6) is 0 Å². The van der Waals surface area contributed by atoms with E-state index in [4.69, 9.17) is 10.5 Å². The lowest BCUT2D eigenvalue weighted by Crippen LogP contribution is -2.16. The molecular formula is C5H13NO. The van der Waals surface area contributed by atoms with Gasteiger partial charge in [0.2, 0.25) is 0 Å². The van der Waals surface area contributed by atoms with E-state index in [9.17, 15) is 0 Å². The van der Waals surface area contributed by atoms with Crippen LogP contribution < -0.4 is 5.73 Å². The van der Waals surface area contributed by atoms with Gasteiger partial charge in [0, 0.05) is 19.8 Å². The van der Waals surface area contributed by atoms with Crippen LogP contribution in [0, 0.1) is 0 Å². The van der Waals surface area contributed by atoms with E-state index in [2.05, 4.69) is 0 Å². The van der Waals surface area contributed by atoms with Crippen molar-refractivity contribution in [3.05, 3.63) is 0 Å². The highest BCUT2D eigenvalue weighted by atomic mass is 16.5. The third kappa shape index (κ3) is 5.92. The Bertz CT molecular complexity index is 37.1. The van der Waals surface area contributed by atoms with Gasteiger partial charge >= 0.3 is 0 Å². The van der Waals surface area contributed by atoms with Gasteiger partial charge in [-0.2, -0.15) is 0 Å². The first-order chi connectivity index (χ1) is 3.27. The maximum atomic E-state index is 5.40. The van der Waals surface area contributed by atoms with Gasteiger partial charge in [-0.15, -0.1) is 0 Å². The summed E-state index contributed by atoms with van der Waals surface area (Å²) in [6.07, 6.45) is 0.955. The molecule has 0 aliphatic rings. The van der Waals surface area contributed by atoms with E-state index in [0.29, 0.717) is 0 Å². The highest BCUT2D eigenvalue weighted by Crippen LogP contribution is 1.83. The van der Waals surface area contributed by atoms with E-state index in [1.54, 1.807) is 7.11 Å². The maximum absolute atomic E-state index is 5.40. The molecule has 0 aliphatic heterocycles. The van der Waals surface area contributed by atoms with Crippen molar-refractivity contribution in [2.24, 2.45) is 5.73 Å². The van der Waals surface area contributed by atoms with Gasteiger partial charge in [0.05, 0.1) is 0 Å². The average Bonchev–Trinajstić information content (AvgIpc) is 1.61. The summed E-state index contributed by atoms with van der Waals surface area (Å²) in [7, 11) is 1.68. The minimum Gasteiger partial charge on any atom is -0.385 e. The lowest BCUT2D eigenvalue weighted by Gasteiger charge is -2.00. The zero-order valence-corrected chi connectivity index (χ0v) is 4.98. The number of ether oxygens (including phenoxy) is 1. The van der Waals surface area contributed by atoms with Gasteiger partial charge in [-0.25, -0.2) is 0 Å². The average molecular weight is 103 g/mol. The van der Waals surface area contributed by atoms with Crippen LogP contribution in [0.1, 0.15) is 13.3 Å². The molecule has 1 atom stereocenters. The summed E-state index contributed by atoms with van der Waals surface area (Å²) in [5, 5.41) is 0. The molecule has 0 aromatic carbocycles. The van der Waals surface area contributed by atoms with Crippen molar-refractivity contribution in [2.45, 2.75) is 19.4 Å². The fourth-order valence-corrected chi connectivity index (χ4v) is 0.304. The second-order valence-electron chi connectivity index (χ2n) is 1.76. The van der Waals surface area contributed by atoms with Crippen LogP contribution >= 0.6 is 0 Å². The summed E-state index contributed by atoms with van der Waals surface area (Å²) in [6.45, 7) is 2.75. The van der Waals surface area contributed by atoms with Gasteiger partial charge in [-0.1, -0.05) is 0 Å². The summed E-state index contributed by atoms with van der Waals surface area (Å²) in [6, 6.07) is 0.278. The van der Waals surface area contributed by atoms with Crippen LogP contribution in [0.2, 0.25) is 0 Å². The Morgan fingerprint density at radius 1 is 1.71 bits per heavy atom. The zero-order chi connectivity index (χ0) is 5.70. The Balaban J connectivity index is 2.68. The Labute approximate surface area is 44.7 Å². The topological polar surface area (TPSA) is 35.2 Å². The Morgan fingerprint density at radius 2 is 2.29 bits per heavy atom. The first kappa shape index (κ1) is 6.92. The molecule has 0 saturated heterocycles. The molecule has 1 unspecified atom stereocenters. The summed E-state index contributed by atoms with van der Waals surface area (Å²) < 4.78 is 4.77. The summed E-state index contributed by atoms with van der Waals surface area (Å²) in [5.41, 5.74) is 5.40. The molecule has 0 aliphatic carbocycles. The van der Waals surface area contributed by atoms with Crippen LogP contribution in [-0.2, 0) is 4.74 Å². The number of rotatable bonds is 3. The van der Waals surface area contributed by atoms with Crippen LogP contribution in [0.3, 0.4) is 0 Å². The highest BCUT2D eigenvalue weighted by Gasteiger charge is 1.89. The van der Waals surface area contributed by atoms with Crippen molar-refractivity contribution in [1.82, 2.24) is 0 Å². The predicted octanol–water partition coefficient (Wildman–Crippen LogP) is 0.370. The van der Waals surface area contributed by atoms with Crippen molar-refractivity contribution in [1.29, 1.82) is 0 Å². The lowest BCUT2D eigenvalue weighted by atomic mass is 10.3. The summed E-state index contributed by atoms with van der Waals surface area (Å²) >= 11 is 0. The van der Waals surface area contributed by atoms with Crippen molar-refractivity contribution in [3.63, 3.8) is 0 Å². The van der Waals surface area contributed by atoms with Crippen LogP contribution in [0.4, 0.5) is 0 Å². The molecule has 0 spiro atoms. The van der Waals surface area contributed by atoms with Crippen molar-refractivity contribution < 1.29 is 4.74 Å². The van der Waals surface area contributed by atoms with E-state index in [0.717, 1.165) is 13.0 Å². The third-order valence-corrected chi connectivity index (χ3v) is 0.777. The van der Waals surface area contributed by atoms with Crippen molar-refractivity contribution in [3.8, 4) is 0 Å². The Morgan fingerprint density at radius 3 is 2.43 bits per heavy atom. The molecule has 44 valence electrons. The van der Waals surface area contributed by atoms with E-state index in [-0.39, 0.29) is 6.04 Å². The van der Waals surface area contributed by atoms with Crippen molar-refractivity contribution >= 4 is 0 Å².